The summed E-state index contributed by atoms with van der Waals surface area (Å²) < 4.78 is 5.97. The summed E-state index contributed by atoms with van der Waals surface area (Å²) in [4.78, 5) is 42.2. The van der Waals surface area contributed by atoms with Gasteiger partial charge in [-0.15, -0.1) is 0 Å². The number of esters is 1. The molecule has 0 spiro atoms. The second-order valence-electron chi connectivity index (χ2n) is 7.32. The molecule has 1 fully saturated rings. The van der Waals surface area contributed by atoms with E-state index in [4.69, 9.17) is 4.74 Å². The first kappa shape index (κ1) is 21.1. The molecule has 0 unspecified atom stereocenters. The lowest BCUT2D eigenvalue weighted by molar-refractivity contribution is 0.0526. The SMILES string of the molecule is CCOC(=O)c1cnc(C)nc1Nc1nc2ccc(C(=O)N3CCN(C)CC3)cc2s1. The molecule has 31 heavy (non-hydrogen) atoms. The van der Waals surface area contributed by atoms with Gasteiger partial charge < -0.3 is 19.9 Å². The fourth-order valence-corrected chi connectivity index (χ4v) is 4.23. The predicted molar refractivity (Wildman–Crippen MR) is 119 cm³/mol. The van der Waals surface area contributed by atoms with Gasteiger partial charge in [0, 0.05) is 37.9 Å². The van der Waals surface area contributed by atoms with E-state index in [0.29, 0.717) is 22.3 Å². The molecule has 0 aliphatic carbocycles. The van der Waals surface area contributed by atoms with Crippen molar-refractivity contribution >= 4 is 44.4 Å². The van der Waals surface area contributed by atoms with Crippen LogP contribution in [-0.4, -0.2) is 76.5 Å². The van der Waals surface area contributed by atoms with E-state index < -0.39 is 5.97 Å². The number of likely N-dealkylation sites (N-methyl/N-ethyl adjacent to an activating group) is 1. The van der Waals surface area contributed by atoms with E-state index in [1.807, 2.05) is 23.1 Å². The van der Waals surface area contributed by atoms with Crippen LogP contribution < -0.4 is 5.32 Å². The van der Waals surface area contributed by atoms with Gasteiger partial charge in [-0.1, -0.05) is 11.3 Å². The predicted octanol–water partition coefficient (Wildman–Crippen LogP) is 2.70. The van der Waals surface area contributed by atoms with Gasteiger partial charge in [0.1, 0.15) is 11.4 Å². The number of aromatic nitrogens is 3. The van der Waals surface area contributed by atoms with Gasteiger partial charge in [-0.25, -0.2) is 19.7 Å². The molecule has 0 saturated carbocycles. The van der Waals surface area contributed by atoms with Gasteiger partial charge in [0.05, 0.1) is 16.8 Å². The zero-order valence-electron chi connectivity index (χ0n) is 17.7. The number of piperazine rings is 1. The van der Waals surface area contributed by atoms with Crippen LogP contribution in [0.3, 0.4) is 0 Å². The number of hydrogen-bond donors (Lipinski definition) is 1. The number of rotatable bonds is 5. The van der Waals surface area contributed by atoms with Crippen LogP contribution in [0.15, 0.2) is 24.4 Å². The highest BCUT2D eigenvalue weighted by Crippen LogP contribution is 2.30. The molecule has 1 aliphatic rings. The molecule has 1 aromatic carbocycles. The first-order valence-electron chi connectivity index (χ1n) is 10.1. The average molecular weight is 441 g/mol. The molecule has 1 amide bonds. The fraction of sp³-hybridized carbons (Fsp3) is 0.381. The summed E-state index contributed by atoms with van der Waals surface area (Å²) >= 11 is 1.40. The Kier molecular flexibility index (Phi) is 6.10. The first-order valence-corrected chi connectivity index (χ1v) is 10.9. The molecular weight excluding hydrogens is 416 g/mol. The molecule has 0 atom stereocenters. The molecule has 3 aromatic rings. The molecule has 0 radical (unpaired) electrons. The minimum Gasteiger partial charge on any atom is -0.462 e. The van der Waals surface area contributed by atoms with Crippen molar-refractivity contribution in [3.8, 4) is 0 Å². The Bertz CT molecular complexity index is 1120. The number of carbonyl (C=O) groups is 2. The molecule has 10 heteroatoms. The molecular formula is C21H24N6O3S. The quantitative estimate of drug-likeness (QED) is 0.605. The monoisotopic (exact) mass is 440 g/mol. The lowest BCUT2D eigenvalue weighted by Gasteiger charge is -2.32. The second kappa shape index (κ2) is 8.94. The summed E-state index contributed by atoms with van der Waals surface area (Å²) in [7, 11) is 2.06. The largest absolute Gasteiger partial charge is 0.462 e. The van der Waals surface area contributed by atoms with Crippen molar-refractivity contribution in [1.29, 1.82) is 0 Å². The number of nitrogens with zero attached hydrogens (tertiary/aromatic N) is 5. The van der Waals surface area contributed by atoms with Crippen molar-refractivity contribution < 1.29 is 14.3 Å². The highest BCUT2D eigenvalue weighted by atomic mass is 32.1. The number of anilines is 2. The van der Waals surface area contributed by atoms with E-state index in [1.165, 1.54) is 17.5 Å². The van der Waals surface area contributed by atoms with Crippen LogP contribution in [0.25, 0.3) is 10.2 Å². The Hall–Kier alpha value is -3.11. The summed E-state index contributed by atoms with van der Waals surface area (Å²) in [5.74, 6) is 0.413. The Morgan fingerprint density at radius 3 is 2.71 bits per heavy atom. The van der Waals surface area contributed by atoms with Crippen molar-refractivity contribution in [3.63, 3.8) is 0 Å². The maximum Gasteiger partial charge on any atom is 0.343 e. The summed E-state index contributed by atoms with van der Waals surface area (Å²) in [6, 6.07) is 5.53. The zero-order chi connectivity index (χ0) is 22.0. The Labute approximate surface area is 184 Å². The minimum absolute atomic E-state index is 0.0360. The Balaban J connectivity index is 1.57. The third-order valence-electron chi connectivity index (χ3n) is 5.06. The third-order valence-corrected chi connectivity index (χ3v) is 5.99. The number of carbonyl (C=O) groups excluding carboxylic acids is 2. The number of hydrogen-bond acceptors (Lipinski definition) is 9. The van der Waals surface area contributed by atoms with Gasteiger partial charge in [-0.05, 0) is 39.1 Å². The Morgan fingerprint density at radius 2 is 1.97 bits per heavy atom. The maximum atomic E-state index is 12.9. The van der Waals surface area contributed by atoms with Gasteiger partial charge in [0.2, 0.25) is 0 Å². The van der Waals surface area contributed by atoms with Gasteiger partial charge in [-0.3, -0.25) is 4.79 Å². The smallest absolute Gasteiger partial charge is 0.343 e. The number of amides is 1. The lowest BCUT2D eigenvalue weighted by Crippen LogP contribution is -2.47. The number of nitrogens with one attached hydrogen (secondary N) is 1. The van der Waals surface area contributed by atoms with E-state index in [2.05, 4.69) is 32.2 Å². The standard InChI is InChI=1S/C21H24N6O3S/c1-4-30-20(29)15-12-22-13(2)23-18(15)25-21-24-16-6-5-14(11-17(16)31-21)19(28)27-9-7-26(3)8-10-27/h5-6,11-12H,4,7-10H2,1-3H3,(H,22,23,24,25). The van der Waals surface area contributed by atoms with Crippen molar-refractivity contribution in [2.45, 2.75) is 13.8 Å². The van der Waals surface area contributed by atoms with E-state index in [0.717, 1.165) is 36.4 Å². The lowest BCUT2D eigenvalue weighted by atomic mass is 10.1. The third kappa shape index (κ3) is 4.64. The minimum atomic E-state index is -0.494. The van der Waals surface area contributed by atoms with Crippen LogP contribution in [0.5, 0.6) is 0 Å². The maximum absolute atomic E-state index is 12.9. The topological polar surface area (TPSA) is 101 Å². The van der Waals surface area contributed by atoms with Gasteiger partial charge in [-0.2, -0.15) is 0 Å². The summed E-state index contributed by atoms with van der Waals surface area (Å²) in [6.07, 6.45) is 1.45. The number of benzene rings is 1. The number of thiazole rings is 1. The summed E-state index contributed by atoms with van der Waals surface area (Å²) in [5.41, 5.74) is 1.67. The number of fused-ring (bicyclic) bond motifs is 1. The molecule has 1 N–H and O–H groups in total. The Morgan fingerprint density at radius 1 is 1.19 bits per heavy atom. The normalized spacial score (nSPS) is 14.6. The van der Waals surface area contributed by atoms with Gasteiger partial charge in [0.25, 0.3) is 5.91 Å². The van der Waals surface area contributed by atoms with Crippen LogP contribution in [0.1, 0.15) is 33.5 Å². The molecule has 162 valence electrons. The fourth-order valence-electron chi connectivity index (χ4n) is 3.33. The number of ether oxygens (including phenoxy) is 1. The second-order valence-corrected chi connectivity index (χ2v) is 8.35. The van der Waals surface area contributed by atoms with Crippen LogP contribution in [0.2, 0.25) is 0 Å². The first-order chi connectivity index (χ1) is 14.9. The van der Waals surface area contributed by atoms with Crippen LogP contribution in [0.4, 0.5) is 10.9 Å². The number of aryl methyl sites for hydroxylation is 1. The molecule has 9 nitrogen and oxygen atoms in total. The van der Waals surface area contributed by atoms with Crippen LogP contribution in [-0.2, 0) is 4.74 Å². The van der Waals surface area contributed by atoms with E-state index in [1.54, 1.807) is 13.8 Å². The van der Waals surface area contributed by atoms with E-state index in [9.17, 15) is 9.59 Å². The van der Waals surface area contributed by atoms with Crippen molar-refractivity contribution in [3.05, 3.63) is 41.3 Å². The van der Waals surface area contributed by atoms with Crippen molar-refractivity contribution in [2.75, 3.05) is 45.2 Å². The molecule has 4 rings (SSSR count). The van der Waals surface area contributed by atoms with Crippen LogP contribution in [0, 0.1) is 6.92 Å². The zero-order valence-corrected chi connectivity index (χ0v) is 18.5. The molecule has 1 saturated heterocycles. The van der Waals surface area contributed by atoms with Gasteiger partial charge >= 0.3 is 5.97 Å². The summed E-state index contributed by atoms with van der Waals surface area (Å²) in [6.45, 7) is 6.97. The van der Waals surface area contributed by atoms with E-state index >= 15 is 0 Å². The van der Waals surface area contributed by atoms with Crippen molar-refractivity contribution in [2.24, 2.45) is 0 Å². The summed E-state index contributed by atoms with van der Waals surface area (Å²) in [5, 5.41) is 3.69. The highest BCUT2D eigenvalue weighted by molar-refractivity contribution is 7.22. The van der Waals surface area contributed by atoms with Gasteiger partial charge in [0.15, 0.2) is 10.9 Å². The molecule has 3 heterocycles. The average Bonchev–Trinajstić information content (AvgIpc) is 3.15. The molecule has 1 aliphatic heterocycles. The molecule has 2 aromatic heterocycles. The highest BCUT2D eigenvalue weighted by Gasteiger charge is 2.21. The van der Waals surface area contributed by atoms with E-state index in [-0.39, 0.29) is 18.1 Å². The molecule has 0 bridgehead atoms. The van der Waals surface area contributed by atoms with Crippen molar-refractivity contribution in [1.82, 2.24) is 24.8 Å². The van der Waals surface area contributed by atoms with Crippen LogP contribution >= 0.6 is 11.3 Å².